The highest BCUT2D eigenvalue weighted by atomic mass is 16.6. The zero-order chi connectivity index (χ0) is 12.6. The molecular formula is C11H9NO5. The van der Waals surface area contributed by atoms with Gasteiger partial charge in [0.1, 0.15) is 5.41 Å². The van der Waals surface area contributed by atoms with Crippen LogP contribution in [0.1, 0.15) is 18.9 Å². The second-order valence-corrected chi connectivity index (χ2v) is 4.07. The van der Waals surface area contributed by atoms with Gasteiger partial charge < -0.3 is 4.74 Å². The van der Waals surface area contributed by atoms with E-state index in [0.29, 0.717) is 5.56 Å². The molecule has 1 heterocycles. The number of carbonyl (C=O) groups is 2. The molecule has 0 N–H and O–H groups in total. The lowest BCUT2D eigenvalue weighted by Gasteiger charge is -2.17. The molecule has 6 nitrogen and oxygen atoms in total. The molecule has 1 aromatic carbocycles. The summed E-state index contributed by atoms with van der Waals surface area (Å²) >= 11 is 0. The molecule has 17 heavy (non-hydrogen) atoms. The number of nitro benzene ring substituents is 1. The molecule has 0 aromatic heterocycles. The Bertz CT molecular complexity index is 507. The standard InChI is InChI=1S/C11H9NO5/c1-11(6-9(13)17-10(11)14)7-2-4-8(5-3-7)12(15)16/h2-5H,6H2,1H3. The molecular weight excluding hydrogens is 226 g/mol. The first-order valence-electron chi connectivity index (χ1n) is 4.93. The van der Waals surface area contributed by atoms with Crippen LogP contribution in [0.4, 0.5) is 5.69 Å². The minimum atomic E-state index is -1.04. The van der Waals surface area contributed by atoms with E-state index in [9.17, 15) is 19.7 Å². The van der Waals surface area contributed by atoms with E-state index in [4.69, 9.17) is 0 Å². The molecule has 1 fully saturated rings. The molecule has 0 spiro atoms. The van der Waals surface area contributed by atoms with E-state index >= 15 is 0 Å². The monoisotopic (exact) mass is 235 g/mol. The van der Waals surface area contributed by atoms with Gasteiger partial charge in [0.2, 0.25) is 0 Å². The fourth-order valence-electron chi connectivity index (χ4n) is 1.78. The normalized spacial score (nSPS) is 23.6. The molecule has 0 amide bonds. The molecule has 1 unspecified atom stereocenters. The second-order valence-electron chi connectivity index (χ2n) is 4.07. The smallest absolute Gasteiger partial charge is 0.324 e. The van der Waals surface area contributed by atoms with Crippen LogP contribution in [0.15, 0.2) is 24.3 Å². The Morgan fingerprint density at radius 3 is 2.29 bits per heavy atom. The van der Waals surface area contributed by atoms with E-state index in [1.807, 2.05) is 0 Å². The molecule has 0 radical (unpaired) electrons. The van der Waals surface area contributed by atoms with Gasteiger partial charge in [-0.1, -0.05) is 12.1 Å². The molecule has 1 saturated heterocycles. The number of esters is 2. The Hall–Kier alpha value is -2.24. The second kappa shape index (κ2) is 3.65. The third-order valence-corrected chi connectivity index (χ3v) is 2.87. The van der Waals surface area contributed by atoms with Crippen LogP contribution in [0.2, 0.25) is 0 Å². The maximum absolute atomic E-state index is 11.5. The average molecular weight is 235 g/mol. The lowest BCUT2D eigenvalue weighted by Crippen LogP contribution is -2.27. The van der Waals surface area contributed by atoms with E-state index < -0.39 is 22.3 Å². The predicted molar refractivity (Wildman–Crippen MR) is 56.2 cm³/mol. The molecule has 1 aliphatic rings. The van der Waals surface area contributed by atoms with Crippen molar-refractivity contribution >= 4 is 17.6 Å². The van der Waals surface area contributed by atoms with Crippen LogP contribution in [-0.2, 0) is 19.7 Å². The number of nitrogens with zero attached hydrogens (tertiary/aromatic N) is 1. The van der Waals surface area contributed by atoms with Crippen molar-refractivity contribution in [3.05, 3.63) is 39.9 Å². The van der Waals surface area contributed by atoms with Gasteiger partial charge in [0.25, 0.3) is 5.69 Å². The number of non-ortho nitro benzene ring substituents is 1. The zero-order valence-corrected chi connectivity index (χ0v) is 9.00. The number of ether oxygens (including phenoxy) is 1. The van der Waals surface area contributed by atoms with Crippen LogP contribution in [0.5, 0.6) is 0 Å². The molecule has 0 saturated carbocycles. The van der Waals surface area contributed by atoms with Gasteiger partial charge in [0.15, 0.2) is 0 Å². The Labute approximate surface area is 96.3 Å². The fourth-order valence-corrected chi connectivity index (χ4v) is 1.78. The maximum atomic E-state index is 11.5. The van der Waals surface area contributed by atoms with E-state index in [1.165, 1.54) is 24.3 Å². The number of benzene rings is 1. The number of hydrogen-bond acceptors (Lipinski definition) is 5. The molecule has 0 bridgehead atoms. The van der Waals surface area contributed by atoms with Gasteiger partial charge >= 0.3 is 11.9 Å². The summed E-state index contributed by atoms with van der Waals surface area (Å²) in [6.07, 6.45) is -0.0381. The van der Waals surface area contributed by atoms with Crippen LogP contribution in [0, 0.1) is 10.1 Å². The molecule has 1 aliphatic heterocycles. The van der Waals surface area contributed by atoms with E-state index in [1.54, 1.807) is 6.92 Å². The van der Waals surface area contributed by atoms with Crippen LogP contribution >= 0.6 is 0 Å². The molecule has 1 aromatic rings. The first-order valence-corrected chi connectivity index (χ1v) is 4.93. The van der Waals surface area contributed by atoms with Gasteiger partial charge in [-0.05, 0) is 12.5 Å². The van der Waals surface area contributed by atoms with Crippen LogP contribution < -0.4 is 0 Å². The first kappa shape index (κ1) is 11.3. The van der Waals surface area contributed by atoms with Crippen molar-refractivity contribution in [1.29, 1.82) is 0 Å². The molecule has 0 aliphatic carbocycles. The number of nitro groups is 1. The lowest BCUT2D eigenvalue weighted by atomic mass is 9.81. The minimum Gasteiger partial charge on any atom is -0.392 e. The summed E-state index contributed by atoms with van der Waals surface area (Å²) in [5, 5.41) is 10.5. The Morgan fingerprint density at radius 1 is 1.29 bits per heavy atom. The van der Waals surface area contributed by atoms with Crippen molar-refractivity contribution in [1.82, 2.24) is 0 Å². The van der Waals surface area contributed by atoms with E-state index in [2.05, 4.69) is 4.74 Å². The Balaban J connectivity index is 2.37. The Kier molecular flexibility index (Phi) is 2.42. The first-order chi connectivity index (χ1) is 7.93. The van der Waals surface area contributed by atoms with Crippen molar-refractivity contribution in [2.45, 2.75) is 18.8 Å². The van der Waals surface area contributed by atoms with Crippen molar-refractivity contribution < 1.29 is 19.2 Å². The summed E-state index contributed by atoms with van der Waals surface area (Å²) in [5.41, 5.74) is -0.555. The highest BCUT2D eigenvalue weighted by molar-refractivity contribution is 6.00. The zero-order valence-electron chi connectivity index (χ0n) is 9.00. The summed E-state index contributed by atoms with van der Waals surface area (Å²) in [6, 6.07) is 5.54. The number of carbonyl (C=O) groups excluding carboxylic acids is 2. The molecule has 88 valence electrons. The number of hydrogen-bond donors (Lipinski definition) is 0. The van der Waals surface area contributed by atoms with E-state index in [0.717, 1.165) is 0 Å². The van der Waals surface area contributed by atoms with E-state index in [-0.39, 0.29) is 12.1 Å². The predicted octanol–water partition coefficient (Wildman–Crippen LogP) is 1.33. The van der Waals surface area contributed by atoms with Crippen molar-refractivity contribution in [3.8, 4) is 0 Å². The summed E-state index contributed by atoms with van der Waals surface area (Å²) in [6.45, 7) is 1.58. The lowest BCUT2D eigenvalue weighted by molar-refractivity contribution is -0.384. The highest BCUT2D eigenvalue weighted by Crippen LogP contribution is 2.35. The van der Waals surface area contributed by atoms with Crippen LogP contribution in [0.25, 0.3) is 0 Å². The van der Waals surface area contributed by atoms with Crippen LogP contribution in [-0.4, -0.2) is 16.9 Å². The highest BCUT2D eigenvalue weighted by Gasteiger charge is 2.46. The molecule has 6 heteroatoms. The van der Waals surface area contributed by atoms with Gasteiger partial charge in [0.05, 0.1) is 11.3 Å². The summed E-state index contributed by atoms with van der Waals surface area (Å²) in [4.78, 5) is 32.6. The third kappa shape index (κ3) is 1.77. The van der Waals surface area contributed by atoms with Gasteiger partial charge in [0, 0.05) is 12.1 Å². The van der Waals surface area contributed by atoms with Crippen molar-refractivity contribution in [2.24, 2.45) is 0 Å². The minimum absolute atomic E-state index is 0.0381. The average Bonchev–Trinajstić information content (AvgIpc) is 2.54. The number of cyclic esters (lactones) is 2. The fraction of sp³-hybridized carbons (Fsp3) is 0.273. The van der Waals surface area contributed by atoms with Crippen LogP contribution in [0.3, 0.4) is 0 Å². The molecule has 2 rings (SSSR count). The maximum Gasteiger partial charge on any atom is 0.324 e. The van der Waals surface area contributed by atoms with Gasteiger partial charge in [-0.15, -0.1) is 0 Å². The summed E-state index contributed by atoms with van der Waals surface area (Å²) in [5.74, 6) is -1.19. The summed E-state index contributed by atoms with van der Waals surface area (Å²) < 4.78 is 4.50. The van der Waals surface area contributed by atoms with Gasteiger partial charge in [-0.3, -0.25) is 19.7 Å². The van der Waals surface area contributed by atoms with Crippen molar-refractivity contribution in [2.75, 3.05) is 0 Å². The van der Waals surface area contributed by atoms with Gasteiger partial charge in [-0.25, -0.2) is 0 Å². The summed E-state index contributed by atoms with van der Waals surface area (Å²) in [7, 11) is 0. The SMILES string of the molecule is CC1(c2ccc([N+](=O)[O-])cc2)CC(=O)OC1=O. The Morgan fingerprint density at radius 2 is 1.88 bits per heavy atom. The van der Waals surface area contributed by atoms with Gasteiger partial charge in [-0.2, -0.15) is 0 Å². The quantitative estimate of drug-likeness (QED) is 0.334. The largest absolute Gasteiger partial charge is 0.392 e. The topological polar surface area (TPSA) is 86.5 Å². The molecule has 1 atom stereocenters. The van der Waals surface area contributed by atoms with Crippen molar-refractivity contribution in [3.63, 3.8) is 0 Å². The third-order valence-electron chi connectivity index (χ3n) is 2.87. The number of rotatable bonds is 2.